The van der Waals surface area contributed by atoms with Crippen LogP contribution in [0.4, 0.5) is 5.69 Å². The van der Waals surface area contributed by atoms with Gasteiger partial charge in [-0.1, -0.05) is 6.07 Å². The van der Waals surface area contributed by atoms with E-state index in [1.807, 2.05) is 22.2 Å². The highest BCUT2D eigenvalue weighted by Gasteiger charge is 2.08. The maximum absolute atomic E-state index is 11.6. The van der Waals surface area contributed by atoms with Crippen molar-refractivity contribution in [2.45, 2.75) is 6.61 Å². The SMILES string of the molecule is Nc1cccc(OCC(=O)OCc2cn3ccsc3n2)c1. The Labute approximate surface area is 124 Å². The summed E-state index contributed by atoms with van der Waals surface area (Å²) < 4.78 is 12.3. The summed E-state index contributed by atoms with van der Waals surface area (Å²) in [6.07, 6.45) is 3.74. The van der Waals surface area contributed by atoms with Crippen LogP contribution in [0.2, 0.25) is 0 Å². The van der Waals surface area contributed by atoms with Crippen molar-refractivity contribution in [2.75, 3.05) is 12.3 Å². The number of nitrogen functional groups attached to an aromatic ring is 1. The van der Waals surface area contributed by atoms with Crippen LogP contribution in [-0.2, 0) is 16.1 Å². The van der Waals surface area contributed by atoms with Crippen LogP contribution in [0.15, 0.2) is 42.0 Å². The zero-order chi connectivity index (χ0) is 14.7. The molecule has 6 nitrogen and oxygen atoms in total. The maximum Gasteiger partial charge on any atom is 0.344 e. The molecule has 0 bridgehead atoms. The number of aromatic nitrogens is 2. The van der Waals surface area contributed by atoms with E-state index in [1.165, 1.54) is 11.3 Å². The van der Waals surface area contributed by atoms with Gasteiger partial charge in [0, 0.05) is 29.5 Å². The Morgan fingerprint density at radius 3 is 3.14 bits per heavy atom. The number of hydrogen-bond donors (Lipinski definition) is 1. The fourth-order valence-corrected chi connectivity index (χ4v) is 2.51. The van der Waals surface area contributed by atoms with Gasteiger partial charge in [-0.2, -0.15) is 0 Å². The number of fused-ring (bicyclic) bond motifs is 1. The molecule has 1 aromatic carbocycles. The average Bonchev–Trinajstić information content (AvgIpc) is 3.04. The Hall–Kier alpha value is -2.54. The quantitative estimate of drug-likeness (QED) is 0.577. The molecule has 0 radical (unpaired) electrons. The monoisotopic (exact) mass is 303 g/mol. The summed E-state index contributed by atoms with van der Waals surface area (Å²) in [5.74, 6) is 0.0863. The number of imidazole rings is 1. The minimum absolute atomic E-state index is 0.132. The molecule has 0 saturated heterocycles. The van der Waals surface area contributed by atoms with Gasteiger partial charge in [0.25, 0.3) is 0 Å². The zero-order valence-corrected chi connectivity index (χ0v) is 11.9. The number of nitrogens with two attached hydrogens (primary N) is 1. The molecule has 2 N–H and O–H groups in total. The molecule has 7 heteroatoms. The molecule has 21 heavy (non-hydrogen) atoms. The third kappa shape index (κ3) is 3.32. The maximum atomic E-state index is 11.6. The second-order valence-corrected chi connectivity index (χ2v) is 5.22. The van der Waals surface area contributed by atoms with Crippen molar-refractivity contribution in [2.24, 2.45) is 0 Å². The van der Waals surface area contributed by atoms with Crippen LogP contribution in [-0.4, -0.2) is 22.0 Å². The number of esters is 1. The third-order valence-electron chi connectivity index (χ3n) is 2.74. The highest BCUT2D eigenvalue weighted by molar-refractivity contribution is 7.15. The Balaban J connectivity index is 1.49. The van der Waals surface area contributed by atoms with Gasteiger partial charge < -0.3 is 15.2 Å². The molecule has 0 spiro atoms. The molecule has 0 unspecified atom stereocenters. The van der Waals surface area contributed by atoms with Crippen molar-refractivity contribution in [1.82, 2.24) is 9.38 Å². The van der Waals surface area contributed by atoms with Crippen LogP contribution in [0.25, 0.3) is 4.96 Å². The Kier molecular flexibility index (Phi) is 3.74. The molecule has 3 rings (SSSR count). The molecule has 108 valence electrons. The van der Waals surface area contributed by atoms with Gasteiger partial charge in [0.15, 0.2) is 11.6 Å². The van der Waals surface area contributed by atoms with Gasteiger partial charge in [0.05, 0.1) is 5.69 Å². The van der Waals surface area contributed by atoms with E-state index in [2.05, 4.69) is 4.98 Å². The van der Waals surface area contributed by atoms with E-state index >= 15 is 0 Å². The molecule has 0 saturated carbocycles. The Bertz CT molecular complexity index is 737. The Morgan fingerprint density at radius 1 is 1.43 bits per heavy atom. The number of rotatable bonds is 5. The summed E-state index contributed by atoms with van der Waals surface area (Å²) >= 11 is 1.53. The number of benzene rings is 1. The molecular formula is C14H13N3O3S. The fraction of sp³-hybridized carbons (Fsp3) is 0.143. The largest absolute Gasteiger partial charge is 0.482 e. The summed E-state index contributed by atoms with van der Waals surface area (Å²) in [5.41, 5.74) is 6.91. The number of hydrogen-bond acceptors (Lipinski definition) is 6. The summed E-state index contributed by atoms with van der Waals surface area (Å²) in [6, 6.07) is 6.88. The first-order valence-electron chi connectivity index (χ1n) is 6.26. The molecule has 0 amide bonds. The van der Waals surface area contributed by atoms with Gasteiger partial charge in [-0.3, -0.25) is 4.40 Å². The lowest BCUT2D eigenvalue weighted by molar-refractivity contribution is -0.147. The van der Waals surface area contributed by atoms with Crippen molar-refractivity contribution in [3.05, 3.63) is 47.7 Å². The van der Waals surface area contributed by atoms with Crippen LogP contribution in [0.3, 0.4) is 0 Å². The van der Waals surface area contributed by atoms with E-state index in [4.69, 9.17) is 15.2 Å². The first kappa shape index (κ1) is 13.4. The van der Waals surface area contributed by atoms with Crippen LogP contribution in [0.1, 0.15) is 5.69 Å². The molecule has 0 fully saturated rings. The molecule has 2 aromatic heterocycles. The van der Waals surface area contributed by atoms with E-state index in [9.17, 15) is 4.79 Å². The van der Waals surface area contributed by atoms with Crippen molar-refractivity contribution in [3.63, 3.8) is 0 Å². The minimum Gasteiger partial charge on any atom is -0.482 e. The van der Waals surface area contributed by atoms with Crippen LogP contribution < -0.4 is 10.5 Å². The normalized spacial score (nSPS) is 10.7. The number of anilines is 1. The average molecular weight is 303 g/mol. The molecular weight excluding hydrogens is 290 g/mol. The highest BCUT2D eigenvalue weighted by Crippen LogP contribution is 2.15. The number of ether oxygens (including phenoxy) is 2. The standard InChI is InChI=1S/C14H13N3O3S/c15-10-2-1-3-12(6-10)19-9-13(18)20-8-11-7-17-4-5-21-14(17)16-11/h1-7H,8-9,15H2. The van der Waals surface area contributed by atoms with E-state index in [0.717, 1.165) is 4.96 Å². The van der Waals surface area contributed by atoms with Gasteiger partial charge in [0.1, 0.15) is 12.4 Å². The molecule has 0 aliphatic carbocycles. The molecule has 0 aliphatic rings. The number of carbonyl (C=O) groups excluding carboxylic acids is 1. The summed E-state index contributed by atoms with van der Waals surface area (Å²) in [6.45, 7) is -0.0286. The van der Waals surface area contributed by atoms with Crippen LogP contribution in [0.5, 0.6) is 5.75 Å². The van der Waals surface area contributed by atoms with E-state index in [1.54, 1.807) is 24.3 Å². The van der Waals surface area contributed by atoms with Gasteiger partial charge >= 0.3 is 5.97 Å². The summed E-state index contributed by atoms with van der Waals surface area (Å²) in [5, 5.41) is 1.94. The molecule has 0 aliphatic heterocycles. The third-order valence-corrected chi connectivity index (χ3v) is 3.51. The van der Waals surface area contributed by atoms with Crippen molar-refractivity contribution < 1.29 is 14.3 Å². The second-order valence-electron chi connectivity index (χ2n) is 4.35. The summed E-state index contributed by atoms with van der Waals surface area (Å²) in [7, 11) is 0. The number of nitrogens with zero attached hydrogens (tertiary/aromatic N) is 2. The lowest BCUT2D eigenvalue weighted by atomic mass is 10.3. The van der Waals surface area contributed by atoms with Crippen molar-refractivity contribution in [1.29, 1.82) is 0 Å². The molecule has 0 atom stereocenters. The minimum atomic E-state index is -0.450. The lowest BCUT2D eigenvalue weighted by Gasteiger charge is -2.06. The predicted octanol–water partition coefficient (Wildman–Crippen LogP) is 2.10. The molecule has 3 aromatic rings. The smallest absolute Gasteiger partial charge is 0.344 e. The topological polar surface area (TPSA) is 78.8 Å². The van der Waals surface area contributed by atoms with Crippen LogP contribution in [0, 0.1) is 0 Å². The predicted molar refractivity (Wildman–Crippen MR) is 79.2 cm³/mol. The van der Waals surface area contributed by atoms with Crippen molar-refractivity contribution in [3.8, 4) is 5.75 Å². The number of thiazole rings is 1. The zero-order valence-electron chi connectivity index (χ0n) is 11.1. The first-order chi connectivity index (χ1) is 10.2. The van der Waals surface area contributed by atoms with Gasteiger partial charge in [-0.25, -0.2) is 9.78 Å². The molecule has 2 heterocycles. The fourth-order valence-electron chi connectivity index (χ4n) is 1.79. The van der Waals surface area contributed by atoms with Gasteiger partial charge in [-0.05, 0) is 12.1 Å². The highest BCUT2D eigenvalue weighted by atomic mass is 32.1. The van der Waals surface area contributed by atoms with E-state index in [-0.39, 0.29) is 13.2 Å². The second kappa shape index (κ2) is 5.84. The first-order valence-corrected chi connectivity index (χ1v) is 7.14. The van der Waals surface area contributed by atoms with E-state index < -0.39 is 5.97 Å². The van der Waals surface area contributed by atoms with E-state index in [0.29, 0.717) is 17.1 Å². The van der Waals surface area contributed by atoms with Gasteiger partial charge in [-0.15, -0.1) is 11.3 Å². The Morgan fingerprint density at radius 2 is 2.33 bits per heavy atom. The van der Waals surface area contributed by atoms with Crippen LogP contribution >= 0.6 is 11.3 Å². The lowest BCUT2D eigenvalue weighted by Crippen LogP contribution is -2.14. The van der Waals surface area contributed by atoms with Crippen molar-refractivity contribution >= 4 is 28.0 Å². The number of carbonyl (C=O) groups is 1. The summed E-state index contributed by atoms with van der Waals surface area (Å²) in [4.78, 5) is 16.8. The van der Waals surface area contributed by atoms with Gasteiger partial charge in [0.2, 0.25) is 0 Å².